The number of fused-ring (bicyclic) bond motifs is 1. The summed E-state index contributed by atoms with van der Waals surface area (Å²) in [5.41, 5.74) is 3.89. The van der Waals surface area contributed by atoms with Crippen LogP contribution >= 0.6 is 0 Å². The van der Waals surface area contributed by atoms with Crippen LogP contribution in [0.3, 0.4) is 0 Å². The Hall–Kier alpha value is -2.16. The van der Waals surface area contributed by atoms with Crippen molar-refractivity contribution < 1.29 is 9.47 Å². The molecule has 19 heavy (non-hydrogen) atoms. The highest BCUT2D eigenvalue weighted by atomic mass is 16.5. The van der Waals surface area contributed by atoms with Gasteiger partial charge in [0.2, 0.25) is 0 Å². The number of ether oxygens (including phenoxy) is 2. The third-order valence-corrected chi connectivity index (χ3v) is 3.42. The van der Waals surface area contributed by atoms with E-state index in [-0.39, 0.29) is 0 Å². The first-order valence-corrected chi connectivity index (χ1v) is 6.48. The number of benzene rings is 2. The molecule has 98 valence electrons. The van der Waals surface area contributed by atoms with Crippen LogP contribution in [-0.4, -0.2) is 13.7 Å². The summed E-state index contributed by atoms with van der Waals surface area (Å²) in [5.74, 6) is 1.71. The van der Waals surface area contributed by atoms with Gasteiger partial charge in [-0.3, -0.25) is 0 Å². The number of methoxy groups -OCH3 is 1. The van der Waals surface area contributed by atoms with Gasteiger partial charge < -0.3 is 14.8 Å². The third kappa shape index (κ3) is 2.50. The van der Waals surface area contributed by atoms with Crippen LogP contribution in [0, 0.1) is 0 Å². The maximum atomic E-state index is 5.83. The van der Waals surface area contributed by atoms with E-state index >= 15 is 0 Å². The first kappa shape index (κ1) is 11.9. The SMILES string of the molecule is COc1ccc(OCc2cccc3c2CCN3)cc1. The van der Waals surface area contributed by atoms with Crippen molar-refractivity contribution in [3.8, 4) is 11.5 Å². The first-order valence-electron chi connectivity index (χ1n) is 6.48. The van der Waals surface area contributed by atoms with Crippen LogP contribution in [0.1, 0.15) is 11.1 Å². The minimum atomic E-state index is 0.608. The van der Waals surface area contributed by atoms with E-state index in [0.717, 1.165) is 24.5 Å². The Morgan fingerprint density at radius 3 is 2.63 bits per heavy atom. The summed E-state index contributed by atoms with van der Waals surface area (Å²) in [5, 5.41) is 3.38. The molecule has 0 bridgehead atoms. The molecule has 0 atom stereocenters. The van der Waals surface area contributed by atoms with Crippen LogP contribution < -0.4 is 14.8 Å². The smallest absolute Gasteiger partial charge is 0.120 e. The standard InChI is InChI=1S/C16H17NO2/c1-18-13-5-7-14(8-6-13)19-11-12-3-2-4-16-15(12)9-10-17-16/h2-8,17H,9-11H2,1H3. The van der Waals surface area contributed by atoms with Crippen LogP contribution in [0.25, 0.3) is 0 Å². The van der Waals surface area contributed by atoms with Crippen molar-refractivity contribution in [2.24, 2.45) is 0 Å². The summed E-state index contributed by atoms with van der Waals surface area (Å²) in [6, 6.07) is 14.0. The van der Waals surface area contributed by atoms with E-state index in [9.17, 15) is 0 Å². The Morgan fingerprint density at radius 1 is 1.05 bits per heavy atom. The van der Waals surface area contributed by atoms with E-state index < -0.39 is 0 Å². The van der Waals surface area contributed by atoms with Gasteiger partial charge in [0.05, 0.1) is 7.11 Å². The minimum Gasteiger partial charge on any atom is -0.497 e. The summed E-state index contributed by atoms with van der Waals surface area (Å²) in [6.07, 6.45) is 1.08. The molecule has 0 spiro atoms. The molecular weight excluding hydrogens is 238 g/mol. The highest BCUT2D eigenvalue weighted by Gasteiger charge is 2.13. The molecular formula is C16H17NO2. The minimum absolute atomic E-state index is 0.608. The predicted molar refractivity (Wildman–Crippen MR) is 76.0 cm³/mol. The van der Waals surface area contributed by atoms with Crippen LogP contribution in [0.15, 0.2) is 42.5 Å². The summed E-state index contributed by atoms with van der Waals surface area (Å²) < 4.78 is 11.0. The van der Waals surface area contributed by atoms with Crippen molar-refractivity contribution in [1.82, 2.24) is 0 Å². The van der Waals surface area contributed by atoms with E-state index in [1.54, 1.807) is 7.11 Å². The molecule has 3 nitrogen and oxygen atoms in total. The van der Waals surface area contributed by atoms with Gasteiger partial charge in [-0.25, -0.2) is 0 Å². The Bertz CT molecular complexity index is 563. The summed E-state index contributed by atoms with van der Waals surface area (Å²) in [7, 11) is 1.66. The highest BCUT2D eigenvalue weighted by Crippen LogP contribution is 2.26. The highest BCUT2D eigenvalue weighted by molar-refractivity contribution is 5.58. The molecule has 0 saturated carbocycles. The second kappa shape index (κ2) is 5.22. The average molecular weight is 255 g/mol. The van der Waals surface area contributed by atoms with Crippen LogP contribution in [-0.2, 0) is 13.0 Å². The average Bonchev–Trinajstić information content (AvgIpc) is 2.94. The predicted octanol–water partition coefficient (Wildman–Crippen LogP) is 3.24. The molecule has 0 aliphatic carbocycles. The molecule has 2 aromatic carbocycles. The maximum absolute atomic E-state index is 5.83. The first-order chi connectivity index (χ1) is 9.36. The van der Waals surface area contributed by atoms with E-state index in [4.69, 9.17) is 9.47 Å². The normalized spacial score (nSPS) is 12.7. The summed E-state index contributed by atoms with van der Waals surface area (Å²) in [6.45, 7) is 1.63. The van der Waals surface area contributed by atoms with Gasteiger partial charge in [0, 0.05) is 12.2 Å². The second-order valence-corrected chi connectivity index (χ2v) is 4.58. The molecule has 1 aliphatic rings. The lowest BCUT2D eigenvalue weighted by molar-refractivity contribution is 0.304. The number of hydrogen-bond acceptors (Lipinski definition) is 3. The lowest BCUT2D eigenvalue weighted by atomic mass is 10.1. The molecule has 0 saturated heterocycles. The summed E-state index contributed by atoms with van der Waals surface area (Å²) in [4.78, 5) is 0. The van der Waals surface area contributed by atoms with Gasteiger partial charge in [-0.1, -0.05) is 12.1 Å². The zero-order valence-corrected chi connectivity index (χ0v) is 11.0. The van der Waals surface area contributed by atoms with Gasteiger partial charge in [-0.15, -0.1) is 0 Å². The van der Waals surface area contributed by atoms with E-state index in [2.05, 4.69) is 23.5 Å². The van der Waals surface area contributed by atoms with Crippen molar-refractivity contribution in [2.45, 2.75) is 13.0 Å². The number of nitrogens with one attached hydrogen (secondary N) is 1. The van der Waals surface area contributed by atoms with E-state index in [0.29, 0.717) is 6.61 Å². The van der Waals surface area contributed by atoms with E-state index in [1.165, 1.54) is 16.8 Å². The van der Waals surface area contributed by atoms with Crippen molar-refractivity contribution in [2.75, 3.05) is 19.0 Å². The van der Waals surface area contributed by atoms with Crippen molar-refractivity contribution >= 4 is 5.69 Å². The largest absolute Gasteiger partial charge is 0.497 e. The van der Waals surface area contributed by atoms with Crippen LogP contribution in [0.5, 0.6) is 11.5 Å². The number of anilines is 1. The van der Waals surface area contributed by atoms with Crippen molar-refractivity contribution in [1.29, 1.82) is 0 Å². The van der Waals surface area contributed by atoms with Gasteiger partial charge in [0.1, 0.15) is 18.1 Å². The van der Waals surface area contributed by atoms with Crippen LogP contribution in [0.4, 0.5) is 5.69 Å². The lowest BCUT2D eigenvalue weighted by Crippen LogP contribution is -1.99. The molecule has 3 heteroatoms. The Morgan fingerprint density at radius 2 is 1.84 bits per heavy atom. The van der Waals surface area contributed by atoms with Gasteiger partial charge in [0.15, 0.2) is 0 Å². The molecule has 1 heterocycles. The van der Waals surface area contributed by atoms with Crippen molar-refractivity contribution in [3.05, 3.63) is 53.6 Å². The third-order valence-electron chi connectivity index (χ3n) is 3.42. The van der Waals surface area contributed by atoms with Crippen LogP contribution in [0.2, 0.25) is 0 Å². The molecule has 0 fully saturated rings. The fourth-order valence-electron chi connectivity index (χ4n) is 2.39. The molecule has 1 N–H and O–H groups in total. The Balaban J connectivity index is 1.70. The summed E-state index contributed by atoms with van der Waals surface area (Å²) >= 11 is 0. The molecule has 3 rings (SSSR count). The van der Waals surface area contributed by atoms with Gasteiger partial charge in [-0.05, 0) is 47.9 Å². The zero-order chi connectivity index (χ0) is 13.1. The molecule has 2 aromatic rings. The fourth-order valence-corrected chi connectivity index (χ4v) is 2.39. The topological polar surface area (TPSA) is 30.5 Å². The van der Waals surface area contributed by atoms with Gasteiger partial charge in [-0.2, -0.15) is 0 Å². The second-order valence-electron chi connectivity index (χ2n) is 4.58. The monoisotopic (exact) mass is 255 g/mol. The van der Waals surface area contributed by atoms with Gasteiger partial charge >= 0.3 is 0 Å². The quantitative estimate of drug-likeness (QED) is 0.909. The lowest BCUT2D eigenvalue weighted by Gasteiger charge is -2.10. The molecule has 0 aromatic heterocycles. The Kier molecular flexibility index (Phi) is 3.27. The van der Waals surface area contributed by atoms with Crippen molar-refractivity contribution in [3.63, 3.8) is 0 Å². The fraction of sp³-hybridized carbons (Fsp3) is 0.250. The molecule has 0 amide bonds. The molecule has 0 unspecified atom stereocenters. The number of rotatable bonds is 4. The molecule has 0 radical (unpaired) electrons. The van der Waals surface area contributed by atoms with E-state index in [1.807, 2.05) is 24.3 Å². The van der Waals surface area contributed by atoms with Gasteiger partial charge in [0.25, 0.3) is 0 Å². The Labute approximate surface area is 113 Å². The molecule has 1 aliphatic heterocycles. The zero-order valence-electron chi connectivity index (χ0n) is 11.0. The maximum Gasteiger partial charge on any atom is 0.120 e. The number of hydrogen-bond donors (Lipinski definition) is 1.